The van der Waals surface area contributed by atoms with E-state index in [1.807, 2.05) is 37.3 Å². The van der Waals surface area contributed by atoms with Crippen LogP contribution >= 0.6 is 12.2 Å². The van der Waals surface area contributed by atoms with Gasteiger partial charge < -0.3 is 14.8 Å². The van der Waals surface area contributed by atoms with E-state index >= 15 is 0 Å². The minimum Gasteiger partial charge on any atom is -0.479 e. The maximum Gasteiger partial charge on any atom is 0.187 e. The van der Waals surface area contributed by atoms with E-state index in [9.17, 15) is 0 Å². The molecular formula is C17H23N5O2S. The van der Waals surface area contributed by atoms with E-state index in [0.29, 0.717) is 10.9 Å². The largest absolute Gasteiger partial charge is 0.479 e. The highest BCUT2D eigenvalue weighted by molar-refractivity contribution is 7.80. The van der Waals surface area contributed by atoms with Crippen LogP contribution in [0, 0.1) is 11.3 Å². The van der Waals surface area contributed by atoms with Gasteiger partial charge in [-0.1, -0.05) is 0 Å². The zero-order valence-electron chi connectivity index (χ0n) is 14.3. The van der Waals surface area contributed by atoms with Crippen molar-refractivity contribution in [3.8, 4) is 11.8 Å². The lowest BCUT2D eigenvalue weighted by atomic mass is 10.1. The van der Waals surface area contributed by atoms with Crippen LogP contribution < -0.4 is 15.5 Å². The number of nitriles is 1. The van der Waals surface area contributed by atoms with Crippen LogP contribution in [0.25, 0.3) is 0 Å². The predicted octanol–water partition coefficient (Wildman–Crippen LogP) is 1.11. The van der Waals surface area contributed by atoms with Gasteiger partial charge in [-0.15, -0.1) is 0 Å². The van der Waals surface area contributed by atoms with Gasteiger partial charge in [0, 0.05) is 26.2 Å². The highest BCUT2D eigenvalue weighted by atomic mass is 32.1. The van der Waals surface area contributed by atoms with Gasteiger partial charge in [0.05, 0.1) is 18.9 Å². The third kappa shape index (κ3) is 7.05. The number of nitrogens with zero attached hydrogens (tertiary/aromatic N) is 3. The molecule has 0 spiro atoms. The second kappa shape index (κ2) is 10.6. The van der Waals surface area contributed by atoms with Crippen molar-refractivity contribution in [2.24, 2.45) is 5.10 Å². The van der Waals surface area contributed by atoms with Crippen molar-refractivity contribution in [1.29, 1.82) is 5.26 Å². The number of hydrogen-bond acceptors (Lipinski definition) is 6. The summed E-state index contributed by atoms with van der Waals surface area (Å²) in [4.78, 5) is 2.34. The molecule has 0 aromatic heterocycles. The minimum atomic E-state index is 0.0400. The van der Waals surface area contributed by atoms with Gasteiger partial charge in [-0.25, -0.2) is 0 Å². The topological polar surface area (TPSA) is 81.9 Å². The standard InChI is InChI=1S/C17H23N5O2S/c1-14(15-2-4-16(5-3-15)24-11-6-18)20-21-17(25)19-7-8-22-9-12-23-13-10-22/h2-5H,7-13H2,1H3,(H2,19,21,25)/b20-14-. The van der Waals surface area contributed by atoms with E-state index in [2.05, 4.69) is 20.7 Å². The van der Waals surface area contributed by atoms with Crippen LogP contribution in [0.15, 0.2) is 29.4 Å². The number of hydrazone groups is 1. The van der Waals surface area contributed by atoms with Gasteiger partial charge in [0.1, 0.15) is 11.8 Å². The van der Waals surface area contributed by atoms with Crippen LogP contribution in [-0.4, -0.2) is 61.7 Å². The summed E-state index contributed by atoms with van der Waals surface area (Å²) in [5, 5.41) is 16.4. The molecule has 25 heavy (non-hydrogen) atoms. The highest BCUT2D eigenvalue weighted by Gasteiger charge is 2.09. The van der Waals surface area contributed by atoms with Crippen molar-refractivity contribution in [1.82, 2.24) is 15.6 Å². The van der Waals surface area contributed by atoms with Crippen molar-refractivity contribution < 1.29 is 9.47 Å². The third-order valence-electron chi connectivity index (χ3n) is 3.72. The summed E-state index contributed by atoms with van der Waals surface area (Å²) in [7, 11) is 0. The van der Waals surface area contributed by atoms with Crippen LogP contribution in [0.4, 0.5) is 0 Å². The number of hydrogen-bond donors (Lipinski definition) is 2. The first-order valence-corrected chi connectivity index (χ1v) is 8.58. The molecule has 0 aliphatic carbocycles. The third-order valence-corrected chi connectivity index (χ3v) is 3.95. The van der Waals surface area contributed by atoms with E-state index in [-0.39, 0.29) is 6.61 Å². The van der Waals surface area contributed by atoms with E-state index in [4.69, 9.17) is 27.0 Å². The van der Waals surface area contributed by atoms with Gasteiger partial charge in [-0.05, 0) is 49.0 Å². The molecule has 2 rings (SSSR count). The SMILES string of the molecule is C/C(=N/NC(=S)NCCN1CCOCC1)c1ccc(OCC#N)cc1. The number of thiocarbonyl (C=S) groups is 1. The molecule has 1 aromatic rings. The monoisotopic (exact) mass is 361 g/mol. The van der Waals surface area contributed by atoms with Gasteiger partial charge in [0.2, 0.25) is 0 Å². The molecule has 0 amide bonds. The normalized spacial score (nSPS) is 15.3. The van der Waals surface area contributed by atoms with Gasteiger partial charge >= 0.3 is 0 Å². The molecule has 0 saturated carbocycles. The Hall–Kier alpha value is -2.21. The number of benzene rings is 1. The van der Waals surface area contributed by atoms with Crippen LogP contribution in [-0.2, 0) is 4.74 Å². The van der Waals surface area contributed by atoms with Crippen LogP contribution in [0.3, 0.4) is 0 Å². The van der Waals surface area contributed by atoms with E-state index in [0.717, 1.165) is 50.7 Å². The Bertz CT molecular complexity index is 621. The molecular weight excluding hydrogens is 338 g/mol. The maximum absolute atomic E-state index is 8.50. The first-order chi connectivity index (χ1) is 12.2. The Balaban J connectivity index is 1.72. The van der Waals surface area contributed by atoms with E-state index in [1.165, 1.54) is 0 Å². The number of ether oxygens (including phenoxy) is 2. The van der Waals surface area contributed by atoms with Gasteiger partial charge in [0.15, 0.2) is 11.7 Å². The molecule has 1 heterocycles. The predicted molar refractivity (Wildman–Crippen MR) is 101 cm³/mol. The lowest BCUT2D eigenvalue weighted by molar-refractivity contribution is 0.0389. The number of rotatable bonds is 7. The summed E-state index contributed by atoms with van der Waals surface area (Å²) >= 11 is 5.23. The molecule has 134 valence electrons. The Morgan fingerprint density at radius 1 is 1.36 bits per heavy atom. The van der Waals surface area contributed by atoms with Crippen LogP contribution in [0.2, 0.25) is 0 Å². The quantitative estimate of drug-likeness (QED) is 0.428. The second-order valence-corrected chi connectivity index (χ2v) is 5.90. The van der Waals surface area contributed by atoms with Crippen molar-refractivity contribution >= 4 is 23.0 Å². The summed E-state index contributed by atoms with van der Waals surface area (Å²) in [6, 6.07) is 9.34. The first-order valence-electron chi connectivity index (χ1n) is 8.17. The molecule has 1 aliphatic rings. The molecule has 0 unspecified atom stereocenters. The molecule has 1 fully saturated rings. The zero-order chi connectivity index (χ0) is 17.9. The fraction of sp³-hybridized carbons (Fsp3) is 0.471. The van der Waals surface area contributed by atoms with E-state index in [1.54, 1.807) is 0 Å². The lowest BCUT2D eigenvalue weighted by Crippen LogP contribution is -2.42. The average Bonchev–Trinajstić information content (AvgIpc) is 2.65. The smallest absolute Gasteiger partial charge is 0.187 e. The molecule has 1 saturated heterocycles. The van der Waals surface area contributed by atoms with Crippen LogP contribution in [0.5, 0.6) is 5.75 Å². The maximum atomic E-state index is 8.50. The molecule has 8 heteroatoms. The summed E-state index contributed by atoms with van der Waals surface area (Å²) in [5.74, 6) is 0.659. The summed E-state index contributed by atoms with van der Waals surface area (Å²) in [6.45, 7) is 7.16. The van der Waals surface area contributed by atoms with Gasteiger partial charge in [0.25, 0.3) is 0 Å². The first kappa shape index (κ1) is 19.1. The zero-order valence-corrected chi connectivity index (χ0v) is 15.1. The molecule has 1 aromatic carbocycles. The van der Waals surface area contributed by atoms with Gasteiger partial charge in [-0.2, -0.15) is 10.4 Å². The fourth-order valence-corrected chi connectivity index (χ4v) is 2.45. The van der Waals surface area contributed by atoms with E-state index < -0.39 is 0 Å². The Morgan fingerprint density at radius 2 is 2.08 bits per heavy atom. The average molecular weight is 361 g/mol. The van der Waals surface area contributed by atoms with Crippen molar-refractivity contribution in [3.05, 3.63) is 29.8 Å². The molecule has 0 bridgehead atoms. The molecule has 0 atom stereocenters. The Morgan fingerprint density at radius 3 is 2.76 bits per heavy atom. The van der Waals surface area contributed by atoms with Crippen molar-refractivity contribution in [2.75, 3.05) is 46.0 Å². The Kier molecular flexibility index (Phi) is 8.12. The second-order valence-electron chi connectivity index (χ2n) is 5.49. The summed E-state index contributed by atoms with van der Waals surface area (Å²) in [5.41, 5.74) is 4.62. The summed E-state index contributed by atoms with van der Waals surface area (Å²) in [6.07, 6.45) is 0. The molecule has 1 aliphatic heterocycles. The number of morpholine rings is 1. The Labute approximate surface area is 153 Å². The molecule has 2 N–H and O–H groups in total. The minimum absolute atomic E-state index is 0.0400. The molecule has 0 radical (unpaired) electrons. The fourth-order valence-electron chi connectivity index (χ4n) is 2.30. The van der Waals surface area contributed by atoms with Crippen molar-refractivity contribution in [3.63, 3.8) is 0 Å². The molecule has 7 nitrogen and oxygen atoms in total. The van der Waals surface area contributed by atoms with Gasteiger partial charge in [-0.3, -0.25) is 10.3 Å². The summed E-state index contributed by atoms with van der Waals surface area (Å²) < 4.78 is 10.5. The highest BCUT2D eigenvalue weighted by Crippen LogP contribution is 2.12. The lowest BCUT2D eigenvalue weighted by Gasteiger charge is -2.26. The van der Waals surface area contributed by atoms with Crippen LogP contribution in [0.1, 0.15) is 12.5 Å². The number of nitrogens with one attached hydrogen (secondary N) is 2. The van der Waals surface area contributed by atoms with Crippen molar-refractivity contribution in [2.45, 2.75) is 6.92 Å².